The van der Waals surface area contributed by atoms with E-state index in [4.69, 9.17) is 0 Å². The third kappa shape index (κ3) is 5.55. The topological polar surface area (TPSA) is 3.24 Å². The van der Waals surface area contributed by atoms with E-state index in [1.807, 2.05) is 22.7 Å². The van der Waals surface area contributed by atoms with E-state index >= 15 is 0 Å². The summed E-state index contributed by atoms with van der Waals surface area (Å²) in [6, 6.07) is 87.7. The summed E-state index contributed by atoms with van der Waals surface area (Å²) in [5.74, 6) is 0. The molecule has 1 nitrogen and oxygen atoms in total. The fourth-order valence-electron chi connectivity index (χ4n) is 10.6. The zero-order chi connectivity index (χ0) is 42.2. The highest BCUT2D eigenvalue weighted by molar-refractivity contribution is 7.26. The molecule has 2 heterocycles. The van der Waals surface area contributed by atoms with Gasteiger partial charge in [0.2, 0.25) is 0 Å². The van der Waals surface area contributed by atoms with Gasteiger partial charge in [-0.1, -0.05) is 194 Å². The molecule has 0 saturated carbocycles. The number of benzene rings is 10. The van der Waals surface area contributed by atoms with E-state index in [0.717, 1.165) is 11.4 Å². The minimum atomic E-state index is -0.505. The van der Waals surface area contributed by atoms with Gasteiger partial charge in [-0.15, -0.1) is 22.7 Å². The molecule has 0 spiro atoms. The van der Waals surface area contributed by atoms with Crippen molar-refractivity contribution in [2.24, 2.45) is 0 Å². The maximum absolute atomic E-state index is 2.53. The van der Waals surface area contributed by atoms with Crippen molar-refractivity contribution in [3.63, 3.8) is 0 Å². The first kappa shape index (κ1) is 37.0. The van der Waals surface area contributed by atoms with Gasteiger partial charge in [-0.2, -0.15) is 0 Å². The predicted molar refractivity (Wildman–Crippen MR) is 275 cm³/mol. The second-order valence-electron chi connectivity index (χ2n) is 16.7. The molecule has 10 aromatic carbocycles. The predicted octanol–water partition coefficient (Wildman–Crippen LogP) is 17.6. The number of anilines is 3. The summed E-state index contributed by atoms with van der Waals surface area (Å²) in [6.07, 6.45) is 0. The van der Waals surface area contributed by atoms with Gasteiger partial charge in [-0.05, 0) is 92.5 Å². The number of hydrogen-bond acceptors (Lipinski definition) is 3. The van der Waals surface area contributed by atoms with Crippen molar-refractivity contribution in [1.29, 1.82) is 0 Å². The van der Waals surface area contributed by atoms with Crippen LogP contribution in [0.3, 0.4) is 0 Å². The Morgan fingerprint density at radius 2 is 0.844 bits per heavy atom. The maximum Gasteiger partial charge on any atom is 0.0714 e. The largest absolute Gasteiger partial charge is 0.308 e. The quantitative estimate of drug-likeness (QED) is 0.154. The third-order valence-corrected chi connectivity index (χ3v) is 15.8. The van der Waals surface area contributed by atoms with Gasteiger partial charge in [0.25, 0.3) is 0 Å². The first-order chi connectivity index (χ1) is 31.8. The van der Waals surface area contributed by atoms with Crippen molar-refractivity contribution in [2.75, 3.05) is 4.90 Å². The second-order valence-corrected chi connectivity index (χ2v) is 18.8. The molecule has 1 aliphatic rings. The van der Waals surface area contributed by atoms with Crippen molar-refractivity contribution < 1.29 is 0 Å². The van der Waals surface area contributed by atoms with Crippen LogP contribution in [0.4, 0.5) is 17.1 Å². The molecule has 64 heavy (non-hydrogen) atoms. The van der Waals surface area contributed by atoms with Crippen molar-refractivity contribution in [3.05, 3.63) is 259 Å². The zero-order valence-electron chi connectivity index (χ0n) is 34.8. The van der Waals surface area contributed by atoms with Crippen LogP contribution in [-0.4, -0.2) is 0 Å². The monoisotopic (exact) mass is 849 g/mol. The molecule has 300 valence electrons. The second kappa shape index (κ2) is 14.8. The molecule has 0 saturated heterocycles. The highest BCUT2D eigenvalue weighted by Crippen LogP contribution is 2.60. The number of thiophene rings is 2. The van der Waals surface area contributed by atoms with Crippen LogP contribution >= 0.6 is 22.7 Å². The first-order valence-electron chi connectivity index (χ1n) is 21.9. The Bertz CT molecular complexity index is 3690. The van der Waals surface area contributed by atoms with E-state index in [0.29, 0.717) is 0 Å². The molecule has 0 atom stereocenters. The first-order valence-corrected chi connectivity index (χ1v) is 23.5. The van der Waals surface area contributed by atoms with Gasteiger partial charge in [-0.3, -0.25) is 0 Å². The van der Waals surface area contributed by atoms with Crippen LogP contribution < -0.4 is 4.90 Å². The van der Waals surface area contributed by atoms with Crippen molar-refractivity contribution in [2.45, 2.75) is 5.41 Å². The molecule has 0 fully saturated rings. The molecular formula is C61H39NS2. The van der Waals surface area contributed by atoms with Crippen LogP contribution in [-0.2, 0) is 5.41 Å². The van der Waals surface area contributed by atoms with Crippen LogP contribution in [0, 0.1) is 0 Å². The molecule has 0 amide bonds. The number of rotatable bonds is 7. The number of fused-ring (bicyclic) bond motifs is 9. The summed E-state index contributed by atoms with van der Waals surface area (Å²) in [6.45, 7) is 0. The van der Waals surface area contributed by atoms with E-state index < -0.39 is 5.41 Å². The fraction of sp³-hybridized carbons (Fsp3) is 0.0164. The smallest absolute Gasteiger partial charge is 0.0714 e. The summed E-state index contributed by atoms with van der Waals surface area (Å²) in [4.78, 5) is 2.53. The van der Waals surface area contributed by atoms with Crippen molar-refractivity contribution >= 4 is 80.1 Å². The van der Waals surface area contributed by atoms with Gasteiger partial charge in [0.15, 0.2) is 0 Å². The Morgan fingerprint density at radius 3 is 1.58 bits per heavy atom. The van der Waals surface area contributed by atoms with Gasteiger partial charge in [0.05, 0.1) is 21.5 Å². The Hall–Kier alpha value is -7.56. The molecule has 3 heteroatoms. The third-order valence-electron chi connectivity index (χ3n) is 13.4. The highest BCUT2D eigenvalue weighted by atomic mass is 32.1. The van der Waals surface area contributed by atoms with Crippen LogP contribution in [0.25, 0.3) is 73.7 Å². The molecule has 0 unspecified atom stereocenters. The van der Waals surface area contributed by atoms with E-state index in [1.54, 1.807) is 0 Å². The fourth-order valence-corrected chi connectivity index (χ4v) is 13.1. The van der Waals surface area contributed by atoms with Gasteiger partial charge in [-0.25, -0.2) is 0 Å². The number of nitrogens with zero attached hydrogens (tertiary/aromatic N) is 1. The normalized spacial score (nSPS) is 12.8. The maximum atomic E-state index is 2.53. The van der Waals surface area contributed by atoms with Gasteiger partial charge in [0, 0.05) is 46.9 Å². The van der Waals surface area contributed by atoms with Gasteiger partial charge < -0.3 is 4.90 Å². The lowest BCUT2D eigenvalue weighted by Gasteiger charge is -2.34. The Balaban J connectivity index is 1.01. The molecule has 2 aromatic heterocycles. The minimum Gasteiger partial charge on any atom is -0.308 e. The molecule has 13 rings (SSSR count). The van der Waals surface area contributed by atoms with E-state index in [-0.39, 0.29) is 0 Å². The van der Waals surface area contributed by atoms with Crippen LogP contribution in [0.1, 0.15) is 22.3 Å². The Kier molecular flexibility index (Phi) is 8.55. The highest BCUT2D eigenvalue weighted by Gasteiger charge is 2.47. The summed E-state index contributed by atoms with van der Waals surface area (Å²) in [5.41, 5.74) is 15.5. The summed E-state index contributed by atoms with van der Waals surface area (Å²) in [5, 5.41) is 5.22. The van der Waals surface area contributed by atoms with E-state index in [1.165, 1.54) is 102 Å². The zero-order valence-corrected chi connectivity index (χ0v) is 36.4. The Labute approximate surface area is 380 Å². The van der Waals surface area contributed by atoms with E-state index in [9.17, 15) is 0 Å². The molecule has 0 aliphatic heterocycles. The van der Waals surface area contributed by atoms with Crippen LogP contribution in [0.15, 0.2) is 237 Å². The van der Waals surface area contributed by atoms with Crippen LogP contribution in [0.2, 0.25) is 0 Å². The standard InChI is InChI=1S/C61H39NS2/c1-3-19-43(20-4-1)61(44-21-5-2-6-22-44)52-29-10-7-25-51(52)58-53(61)30-16-31-54(58)62(55-32-15-28-50-48-24-9-12-34-57(48)64-60(50)55)45-37-35-40(36-38-45)41-17-13-18-42(39-41)46-26-14-27-49-47-23-8-11-33-56(47)63-59(46)49/h1-39H. The van der Waals surface area contributed by atoms with Gasteiger partial charge in [0.1, 0.15) is 0 Å². The van der Waals surface area contributed by atoms with Gasteiger partial charge >= 0.3 is 0 Å². The summed E-state index contributed by atoms with van der Waals surface area (Å²) >= 11 is 3.76. The lowest BCUT2D eigenvalue weighted by Crippen LogP contribution is -2.28. The van der Waals surface area contributed by atoms with Crippen molar-refractivity contribution in [1.82, 2.24) is 0 Å². The minimum absolute atomic E-state index is 0.505. The molecule has 0 radical (unpaired) electrons. The lowest BCUT2D eigenvalue weighted by atomic mass is 9.68. The average molecular weight is 850 g/mol. The SMILES string of the molecule is c1ccc(C2(c3ccccc3)c3ccccc3-c3c(N(c4ccc(-c5cccc(-c6cccc7c6sc6ccccc67)c5)cc4)c4cccc5c4sc4ccccc45)cccc32)cc1. The molecular weight excluding hydrogens is 811 g/mol. The summed E-state index contributed by atoms with van der Waals surface area (Å²) in [7, 11) is 0. The van der Waals surface area contributed by atoms with Crippen molar-refractivity contribution in [3.8, 4) is 33.4 Å². The molecule has 1 aliphatic carbocycles. The molecule has 0 bridgehead atoms. The van der Waals surface area contributed by atoms with E-state index in [2.05, 4.69) is 241 Å². The average Bonchev–Trinajstić information content (AvgIpc) is 4.04. The molecule has 0 N–H and O–H groups in total. The number of hydrogen-bond donors (Lipinski definition) is 0. The Morgan fingerprint density at radius 1 is 0.328 bits per heavy atom. The lowest BCUT2D eigenvalue weighted by molar-refractivity contribution is 0.768. The molecule has 12 aromatic rings. The van der Waals surface area contributed by atoms with Crippen LogP contribution in [0.5, 0.6) is 0 Å². The summed E-state index contributed by atoms with van der Waals surface area (Å²) < 4.78 is 5.23.